The van der Waals surface area contributed by atoms with Gasteiger partial charge in [-0.2, -0.15) is 0 Å². The summed E-state index contributed by atoms with van der Waals surface area (Å²) in [6, 6.07) is 15.4. The van der Waals surface area contributed by atoms with Gasteiger partial charge in [-0.15, -0.1) is 0 Å². The van der Waals surface area contributed by atoms with Crippen molar-refractivity contribution in [2.75, 3.05) is 10.6 Å². The first kappa shape index (κ1) is 21.8. The van der Waals surface area contributed by atoms with Crippen LogP contribution in [0.15, 0.2) is 65.3 Å². The van der Waals surface area contributed by atoms with Crippen LogP contribution in [0.2, 0.25) is 0 Å². The number of nitrogens with one attached hydrogen (secondary N) is 2. The summed E-state index contributed by atoms with van der Waals surface area (Å²) in [5.41, 5.74) is 3.21. The Kier molecular flexibility index (Phi) is 6.87. The first-order valence-electron chi connectivity index (χ1n) is 9.93. The monoisotopic (exact) mass is 420 g/mol. The summed E-state index contributed by atoms with van der Waals surface area (Å²) < 4.78 is 10.4. The van der Waals surface area contributed by atoms with Gasteiger partial charge in [0.05, 0.1) is 11.8 Å². The molecule has 7 nitrogen and oxygen atoms in total. The minimum Gasteiger partial charge on any atom is -0.459 e. The maximum atomic E-state index is 12.5. The van der Waals surface area contributed by atoms with E-state index in [1.807, 2.05) is 19.1 Å². The number of hydrogen-bond donors (Lipinski definition) is 2. The molecular formula is C24H24N2O5. The van der Waals surface area contributed by atoms with Crippen LogP contribution in [0.25, 0.3) is 0 Å². The highest BCUT2D eigenvalue weighted by Gasteiger charge is 2.20. The lowest BCUT2D eigenvalue weighted by atomic mass is 10.1. The normalized spacial score (nSPS) is 11.5. The second-order valence-corrected chi connectivity index (χ2v) is 7.05. The summed E-state index contributed by atoms with van der Waals surface area (Å²) in [6.07, 6.45) is 1.31. The van der Waals surface area contributed by atoms with Gasteiger partial charge in [-0.25, -0.2) is 4.79 Å². The molecule has 1 heterocycles. The molecule has 1 aromatic heterocycles. The fourth-order valence-corrected chi connectivity index (χ4v) is 2.83. The number of hydrogen-bond acceptors (Lipinski definition) is 5. The highest BCUT2D eigenvalue weighted by atomic mass is 16.5. The summed E-state index contributed by atoms with van der Waals surface area (Å²) in [5.74, 6) is -1.38. The van der Waals surface area contributed by atoms with E-state index in [0.29, 0.717) is 11.4 Å². The highest BCUT2D eigenvalue weighted by molar-refractivity contribution is 6.03. The zero-order valence-electron chi connectivity index (χ0n) is 17.6. The third-order valence-corrected chi connectivity index (χ3v) is 4.75. The van der Waals surface area contributed by atoms with Crippen molar-refractivity contribution < 1.29 is 23.5 Å². The number of carbonyl (C=O) groups is 3. The van der Waals surface area contributed by atoms with E-state index >= 15 is 0 Å². The van der Waals surface area contributed by atoms with E-state index in [1.165, 1.54) is 19.3 Å². The van der Waals surface area contributed by atoms with Crippen molar-refractivity contribution in [1.29, 1.82) is 0 Å². The number of aryl methyl sites for hydroxylation is 2. The number of furan rings is 1. The minimum atomic E-state index is -0.999. The van der Waals surface area contributed by atoms with Crippen LogP contribution in [0.3, 0.4) is 0 Å². The molecule has 2 amide bonds. The number of rotatable bonds is 7. The molecule has 0 fully saturated rings. The van der Waals surface area contributed by atoms with Crippen LogP contribution >= 0.6 is 0 Å². The van der Waals surface area contributed by atoms with Crippen LogP contribution in [-0.2, 0) is 16.0 Å². The number of anilines is 2. The van der Waals surface area contributed by atoms with Crippen LogP contribution in [0.1, 0.15) is 45.9 Å². The molecule has 3 rings (SSSR count). The second-order valence-electron chi connectivity index (χ2n) is 7.05. The van der Waals surface area contributed by atoms with E-state index in [0.717, 1.165) is 17.5 Å². The lowest BCUT2D eigenvalue weighted by Gasteiger charge is -2.15. The van der Waals surface area contributed by atoms with Gasteiger partial charge in [0.15, 0.2) is 11.9 Å². The molecule has 3 aromatic rings. The molecule has 2 aromatic carbocycles. The van der Waals surface area contributed by atoms with Crippen molar-refractivity contribution in [2.45, 2.75) is 33.3 Å². The van der Waals surface area contributed by atoms with E-state index in [2.05, 4.69) is 10.6 Å². The molecule has 0 saturated carbocycles. The predicted octanol–water partition coefficient (Wildman–Crippen LogP) is 4.59. The smallest absolute Gasteiger partial charge is 0.338 e. The summed E-state index contributed by atoms with van der Waals surface area (Å²) in [5, 5.41) is 5.43. The zero-order valence-corrected chi connectivity index (χ0v) is 17.6. The van der Waals surface area contributed by atoms with Gasteiger partial charge in [0.25, 0.3) is 11.8 Å². The first-order valence-corrected chi connectivity index (χ1v) is 9.93. The van der Waals surface area contributed by atoms with Gasteiger partial charge in [0.2, 0.25) is 0 Å². The van der Waals surface area contributed by atoms with Crippen molar-refractivity contribution in [1.82, 2.24) is 0 Å². The van der Waals surface area contributed by atoms with Crippen LogP contribution in [0.4, 0.5) is 11.4 Å². The van der Waals surface area contributed by atoms with Gasteiger partial charge in [-0.3, -0.25) is 9.59 Å². The fourth-order valence-electron chi connectivity index (χ4n) is 2.83. The van der Waals surface area contributed by atoms with E-state index in [4.69, 9.17) is 9.15 Å². The van der Waals surface area contributed by atoms with Gasteiger partial charge in [0.1, 0.15) is 0 Å². The maximum absolute atomic E-state index is 12.5. The van der Waals surface area contributed by atoms with E-state index in [-0.39, 0.29) is 11.3 Å². The van der Waals surface area contributed by atoms with E-state index in [9.17, 15) is 14.4 Å². The fraction of sp³-hybridized carbons (Fsp3) is 0.208. The van der Waals surface area contributed by atoms with Gasteiger partial charge < -0.3 is 19.8 Å². The van der Waals surface area contributed by atoms with Crippen molar-refractivity contribution in [3.63, 3.8) is 0 Å². The third kappa shape index (κ3) is 5.60. The van der Waals surface area contributed by atoms with E-state index in [1.54, 1.807) is 43.3 Å². The van der Waals surface area contributed by atoms with Crippen molar-refractivity contribution >= 4 is 29.2 Å². The number of ether oxygens (including phenoxy) is 1. The molecule has 160 valence electrons. The number of benzene rings is 2. The minimum absolute atomic E-state index is 0.157. The molecule has 0 aliphatic heterocycles. The van der Waals surface area contributed by atoms with E-state index < -0.39 is 23.9 Å². The Labute approximate surface area is 180 Å². The molecule has 0 aliphatic carbocycles. The second kappa shape index (κ2) is 9.75. The van der Waals surface area contributed by atoms with Crippen LogP contribution in [0.5, 0.6) is 0 Å². The van der Waals surface area contributed by atoms with Gasteiger partial charge in [-0.05, 0) is 67.8 Å². The maximum Gasteiger partial charge on any atom is 0.338 e. The average Bonchev–Trinajstić information content (AvgIpc) is 3.30. The molecule has 31 heavy (non-hydrogen) atoms. The predicted molar refractivity (Wildman–Crippen MR) is 117 cm³/mol. The highest BCUT2D eigenvalue weighted by Crippen LogP contribution is 2.19. The van der Waals surface area contributed by atoms with Gasteiger partial charge in [-0.1, -0.05) is 25.1 Å². The zero-order chi connectivity index (χ0) is 22.4. The molecule has 0 aliphatic rings. The molecule has 0 saturated heterocycles. The molecule has 0 radical (unpaired) electrons. The lowest BCUT2D eigenvalue weighted by molar-refractivity contribution is -0.123. The number of amides is 2. The Morgan fingerprint density at radius 1 is 1.03 bits per heavy atom. The van der Waals surface area contributed by atoms with Crippen molar-refractivity contribution in [3.05, 3.63) is 83.3 Å². The molecule has 0 bridgehead atoms. The molecule has 0 spiro atoms. The Morgan fingerprint density at radius 2 is 1.77 bits per heavy atom. The summed E-state index contributed by atoms with van der Waals surface area (Å²) in [7, 11) is 0. The molecule has 7 heteroatoms. The summed E-state index contributed by atoms with van der Waals surface area (Å²) in [4.78, 5) is 37.1. The van der Waals surface area contributed by atoms with Crippen LogP contribution in [-0.4, -0.2) is 23.9 Å². The molecular weight excluding hydrogens is 396 g/mol. The quantitative estimate of drug-likeness (QED) is 0.545. The molecule has 0 unspecified atom stereocenters. The van der Waals surface area contributed by atoms with Gasteiger partial charge >= 0.3 is 5.97 Å². The van der Waals surface area contributed by atoms with Crippen molar-refractivity contribution in [2.24, 2.45) is 0 Å². The van der Waals surface area contributed by atoms with Gasteiger partial charge in [0, 0.05) is 11.4 Å². The standard InChI is InChI=1S/C24H24N2O5/c1-4-17-8-11-19(12-9-17)25-22(27)16(3)31-24(29)18-10-7-15(2)20(14-18)26-23(28)21-6-5-13-30-21/h5-14,16H,4H2,1-3H3,(H,25,27)(H,26,28)/t16-/m1/s1. The van der Waals surface area contributed by atoms with Crippen molar-refractivity contribution in [3.8, 4) is 0 Å². The first-order chi connectivity index (χ1) is 14.9. The van der Waals surface area contributed by atoms with Crippen LogP contribution in [0, 0.1) is 6.92 Å². The molecule has 2 N–H and O–H groups in total. The summed E-state index contributed by atoms with van der Waals surface area (Å²) >= 11 is 0. The van der Waals surface area contributed by atoms with Crippen LogP contribution < -0.4 is 10.6 Å². The number of esters is 1. The SMILES string of the molecule is CCc1ccc(NC(=O)[C@@H](C)OC(=O)c2ccc(C)c(NC(=O)c3ccco3)c2)cc1. The topological polar surface area (TPSA) is 97.6 Å². The summed E-state index contributed by atoms with van der Waals surface area (Å²) in [6.45, 7) is 5.35. The Morgan fingerprint density at radius 3 is 2.42 bits per heavy atom. The largest absolute Gasteiger partial charge is 0.459 e. The number of carbonyl (C=O) groups excluding carboxylic acids is 3. The Bertz CT molecular complexity index is 1070. The average molecular weight is 420 g/mol. The third-order valence-electron chi connectivity index (χ3n) is 4.75. The lowest BCUT2D eigenvalue weighted by Crippen LogP contribution is -2.30. The molecule has 1 atom stereocenters. The Balaban J connectivity index is 1.63. The Hall–Kier alpha value is -3.87.